The van der Waals surface area contributed by atoms with Gasteiger partial charge < -0.3 is 5.41 Å². The summed E-state index contributed by atoms with van der Waals surface area (Å²) in [4.78, 5) is 4.09. The third-order valence-electron chi connectivity index (χ3n) is 5.63. The number of pyridine rings is 1. The van der Waals surface area contributed by atoms with Crippen molar-refractivity contribution < 1.29 is 0 Å². The minimum Gasteiger partial charge on any atom is -0.305 e. The van der Waals surface area contributed by atoms with Crippen molar-refractivity contribution in [2.75, 3.05) is 0 Å². The summed E-state index contributed by atoms with van der Waals surface area (Å²) in [6, 6.07) is 12.8. The minimum absolute atomic E-state index is 0.438. The maximum absolute atomic E-state index is 7.57. The van der Waals surface area contributed by atoms with E-state index < -0.39 is 0 Å². The largest absolute Gasteiger partial charge is 0.305 e. The molecule has 0 aliphatic heterocycles. The van der Waals surface area contributed by atoms with Crippen LogP contribution in [0.4, 0.5) is 0 Å². The third kappa shape index (κ3) is 7.02. The Morgan fingerprint density at radius 2 is 1.84 bits per heavy atom. The zero-order chi connectivity index (χ0) is 22.6. The number of benzene rings is 1. The SMILES string of the molecule is C=CC(=N)C/C=C\CCC1=CCC(/C=C/C(=C\C)c2ccc(-c3ccncc3)cc2)C=C1. The summed E-state index contributed by atoms with van der Waals surface area (Å²) in [7, 11) is 0. The van der Waals surface area contributed by atoms with Crippen molar-refractivity contribution in [1.29, 1.82) is 5.41 Å². The van der Waals surface area contributed by atoms with Crippen LogP contribution < -0.4 is 0 Å². The first kappa shape index (κ1) is 23.1. The summed E-state index contributed by atoms with van der Waals surface area (Å²) in [5.74, 6) is 0.438. The van der Waals surface area contributed by atoms with E-state index in [-0.39, 0.29) is 0 Å². The number of rotatable bonds is 10. The zero-order valence-corrected chi connectivity index (χ0v) is 18.9. The van der Waals surface area contributed by atoms with Crippen molar-refractivity contribution in [1.82, 2.24) is 4.98 Å². The first-order chi connectivity index (χ1) is 15.7. The lowest BCUT2D eigenvalue weighted by molar-refractivity contribution is 0.801. The first-order valence-electron chi connectivity index (χ1n) is 11.3. The second-order valence-electron chi connectivity index (χ2n) is 7.90. The average molecular weight is 421 g/mol. The molecule has 2 heteroatoms. The molecular formula is C30H32N2. The van der Waals surface area contributed by atoms with Crippen LogP contribution in [-0.4, -0.2) is 10.7 Å². The van der Waals surface area contributed by atoms with Crippen molar-refractivity contribution in [3.63, 3.8) is 0 Å². The van der Waals surface area contributed by atoms with Gasteiger partial charge in [-0.25, -0.2) is 0 Å². The summed E-state index contributed by atoms with van der Waals surface area (Å²) < 4.78 is 0. The van der Waals surface area contributed by atoms with E-state index in [4.69, 9.17) is 5.41 Å². The lowest BCUT2D eigenvalue weighted by Gasteiger charge is -2.13. The second kappa shape index (κ2) is 12.4. The van der Waals surface area contributed by atoms with Gasteiger partial charge in [-0.15, -0.1) is 0 Å². The van der Waals surface area contributed by atoms with Gasteiger partial charge in [-0.3, -0.25) is 4.98 Å². The molecule has 0 saturated carbocycles. The van der Waals surface area contributed by atoms with E-state index in [1.807, 2.05) is 24.5 Å². The Balaban J connectivity index is 1.51. The molecule has 0 spiro atoms. The molecule has 1 heterocycles. The predicted molar refractivity (Wildman–Crippen MR) is 139 cm³/mol. The van der Waals surface area contributed by atoms with E-state index >= 15 is 0 Å². The molecule has 0 amide bonds. The van der Waals surface area contributed by atoms with Crippen LogP contribution in [0, 0.1) is 11.3 Å². The first-order valence-corrected chi connectivity index (χ1v) is 11.3. The Labute approximate surface area is 192 Å². The lowest BCUT2D eigenvalue weighted by atomic mass is 9.93. The van der Waals surface area contributed by atoms with Crippen molar-refractivity contribution >= 4 is 11.3 Å². The van der Waals surface area contributed by atoms with E-state index in [2.05, 4.69) is 91.4 Å². The molecule has 32 heavy (non-hydrogen) atoms. The molecule has 1 aromatic carbocycles. The van der Waals surface area contributed by atoms with E-state index in [1.54, 1.807) is 6.08 Å². The molecule has 1 atom stereocenters. The number of hydrogen-bond donors (Lipinski definition) is 1. The van der Waals surface area contributed by atoms with E-state index in [1.165, 1.54) is 27.8 Å². The molecule has 1 aliphatic carbocycles. The van der Waals surface area contributed by atoms with Gasteiger partial charge in [0.1, 0.15) is 0 Å². The molecule has 2 nitrogen and oxygen atoms in total. The fraction of sp³-hybridized carbons (Fsp3) is 0.200. The third-order valence-corrected chi connectivity index (χ3v) is 5.63. The van der Waals surface area contributed by atoms with Crippen LogP contribution in [0.5, 0.6) is 0 Å². The average Bonchev–Trinajstić information content (AvgIpc) is 2.86. The van der Waals surface area contributed by atoms with E-state index in [0.717, 1.165) is 19.3 Å². The highest BCUT2D eigenvalue weighted by atomic mass is 14.6. The van der Waals surface area contributed by atoms with Gasteiger partial charge in [0, 0.05) is 24.5 Å². The molecule has 0 bridgehead atoms. The van der Waals surface area contributed by atoms with Crippen LogP contribution in [0.2, 0.25) is 0 Å². The van der Waals surface area contributed by atoms with Gasteiger partial charge in [0.05, 0.1) is 0 Å². The van der Waals surface area contributed by atoms with Gasteiger partial charge in [0.15, 0.2) is 0 Å². The molecule has 0 radical (unpaired) electrons. The van der Waals surface area contributed by atoms with Crippen LogP contribution in [0.15, 0.2) is 116 Å². The Hall–Kier alpha value is -3.52. The van der Waals surface area contributed by atoms with Crippen molar-refractivity contribution in [2.24, 2.45) is 5.92 Å². The molecular weight excluding hydrogens is 388 g/mol. The second-order valence-corrected chi connectivity index (χ2v) is 7.90. The molecule has 3 rings (SSSR count). The Kier molecular flexibility index (Phi) is 8.94. The molecule has 0 fully saturated rings. The predicted octanol–water partition coefficient (Wildman–Crippen LogP) is 8.14. The summed E-state index contributed by atoms with van der Waals surface area (Å²) in [6.45, 7) is 5.71. The Morgan fingerprint density at radius 1 is 1.09 bits per heavy atom. The molecule has 2 aromatic rings. The van der Waals surface area contributed by atoms with Gasteiger partial charge >= 0.3 is 0 Å². The van der Waals surface area contributed by atoms with Gasteiger partial charge in [0.25, 0.3) is 0 Å². The van der Waals surface area contributed by atoms with Crippen molar-refractivity contribution in [2.45, 2.75) is 32.6 Å². The van der Waals surface area contributed by atoms with E-state index in [9.17, 15) is 0 Å². The van der Waals surface area contributed by atoms with Gasteiger partial charge in [-0.2, -0.15) is 0 Å². The van der Waals surface area contributed by atoms with Gasteiger partial charge in [-0.05, 0) is 72.6 Å². The molecule has 1 unspecified atom stereocenters. The Bertz CT molecular complexity index is 1050. The number of aromatic nitrogens is 1. The molecule has 0 saturated heterocycles. The van der Waals surface area contributed by atoms with Crippen molar-refractivity contribution in [3.05, 3.63) is 121 Å². The quantitative estimate of drug-likeness (QED) is 0.235. The molecule has 1 aromatic heterocycles. The van der Waals surface area contributed by atoms with Crippen LogP contribution in [0.25, 0.3) is 16.7 Å². The highest BCUT2D eigenvalue weighted by molar-refractivity contribution is 5.92. The normalized spacial score (nSPS) is 16.5. The van der Waals surface area contributed by atoms with Crippen molar-refractivity contribution in [3.8, 4) is 11.1 Å². The standard InChI is InChI=1S/C30H32N2/c1-3-26(27-16-18-28(19-17-27)29-20-22-32-23-21-29)15-14-25-12-10-24(11-13-25)8-6-5-7-9-30(31)4-2/h3-5,7,10-12,14-23,25,31H,2,6,8-9,13H2,1H3/b7-5-,15-14+,26-3+,31-30?. The minimum atomic E-state index is 0.438. The van der Waals surface area contributed by atoms with E-state index in [0.29, 0.717) is 18.1 Å². The molecule has 1 N–H and O–H groups in total. The summed E-state index contributed by atoms with van der Waals surface area (Å²) in [5, 5.41) is 7.57. The molecule has 1 aliphatic rings. The number of allylic oxidation sites excluding steroid dienone is 11. The number of nitrogens with zero attached hydrogens (tertiary/aromatic N) is 1. The van der Waals surface area contributed by atoms with Crippen LogP contribution in [0.3, 0.4) is 0 Å². The molecule has 162 valence electrons. The smallest absolute Gasteiger partial charge is 0.0345 e. The Morgan fingerprint density at radius 3 is 2.50 bits per heavy atom. The maximum atomic E-state index is 7.57. The van der Waals surface area contributed by atoms with Crippen LogP contribution in [-0.2, 0) is 0 Å². The van der Waals surface area contributed by atoms with Gasteiger partial charge in [-0.1, -0.05) is 85.0 Å². The summed E-state index contributed by atoms with van der Waals surface area (Å²) >= 11 is 0. The topological polar surface area (TPSA) is 36.7 Å². The zero-order valence-electron chi connectivity index (χ0n) is 18.9. The fourth-order valence-electron chi connectivity index (χ4n) is 3.66. The summed E-state index contributed by atoms with van der Waals surface area (Å²) in [6.07, 6.45) is 26.9. The highest BCUT2D eigenvalue weighted by Gasteiger charge is 2.06. The number of nitrogens with one attached hydrogen (secondary N) is 1. The van der Waals surface area contributed by atoms with Gasteiger partial charge in [0.2, 0.25) is 0 Å². The monoisotopic (exact) mass is 420 g/mol. The maximum Gasteiger partial charge on any atom is 0.0345 e. The highest BCUT2D eigenvalue weighted by Crippen LogP contribution is 2.25. The van der Waals surface area contributed by atoms with Crippen LogP contribution >= 0.6 is 0 Å². The number of hydrogen-bond acceptors (Lipinski definition) is 2. The lowest BCUT2D eigenvalue weighted by Crippen LogP contribution is -1.96. The fourth-order valence-corrected chi connectivity index (χ4v) is 3.66. The summed E-state index contributed by atoms with van der Waals surface area (Å²) in [5.41, 5.74) is 6.83. The van der Waals surface area contributed by atoms with Crippen LogP contribution in [0.1, 0.15) is 38.2 Å².